The molecule has 2 N–H and O–H groups in total. The topological polar surface area (TPSA) is 66.8 Å². The summed E-state index contributed by atoms with van der Waals surface area (Å²) >= 11 is 13.3. The number of nitrogens with one attached hydrogen (secondary N) is 1. The molecule has 0 unspecified atom stereocenters. The Morgan fingerprint density at radius 2 is 2.07 bits per heavy atom. The van der Waals surface area contributed by atoms with Gasteiger partial charge in [-0.05, 0) is 12.1 Å². The van der Waals surface area contributed by atoms with E-state index in [1.165, 1.54) is 0 Å². The molecule has 1 fully saturated rings. The zero-order valence-electron chi connectivity index (χ0n) is 16.8. The average Bonchev–Trinajstić information content (AvgIpc) is 2.82. The number of pyridine rings is 1. The van der Waals surface area contributed by atoms with Crippen LogP contribution >= 0.6 is 23.2 Å². The highest BCUT2D eigenvalue weighted by Gasteiger charge is 2.33. The van der Waals surface area contributed by atoms with E-state index in [2.05, 4.69) is 10.2 Å². The Morgan fingerprint density at radius 3 is 2.79 bits per heavy atom. The molecule has 0 aliphatic carbocycles. The van der Waals surface area contributed by atoms with Crippen LogP contribution < -0.4 is 14.8 Å². The van der Waals surface area contributed by atoms with Crippen molar-refractivity contribution in [2.45, 2.75) is 17.9 Å². The summed E-state index contributed by atoms with van der Waals surface area (Å²) in [6.45, 7) is 3.83. The second kappa shape index (κ2) is 7.95. The second-order valence-corrected chi connectivity index (χ2v) is 9.15. The summed E-state index contributed by atoms with van der Waals surface area (Å²) in [5, 5.41) is 14.1. The Kier molecular flexibility index (Phi) is 5.68. The van der Waals surface area contributed by atoms with Gasteiger partial charge >= 0.3 is 0 Å². The van der Waals surface area contributed by atoms with Crippen molar-refractivity contribution in [3.63, 3.8) is 0 Å². The summed E-state index contributed by atoms with van der Waals surface area (Å²) in [5.74, 6) is 0.869. The first-order valence-corrected chi connectivity index (χ1v) is 10.5. The van der Waals surface area contributed by atoms with Crippen LogP contribution in [0.3, 0.4) is 0 Å². The lowest BCUT2D eigenvalue weighted by Gasteiger charge is -2.33. The number of benzene rings is 1. The first kappa shape index (κ1) is 20.7. The van der Waals surface area contributed by atoms with Gasteiger partial charge in [0.15, 0.2) is 5.75 Å². The number of fused-ring (bicyclic) bond motifs is 2. The van der Waals surface area contributed by atoms with Crippen LogP contribution in [0.1, 0.15) is 5.69 Å². The van der Waals surface area contributed by atoms with E-state index in [4.69, 9.17) is 37.7 Å². The quantitative estimate of drug-likeness (QED) is 0.657. The fourth-order valence-corrected chi connectivity index (χ4v) is 4.31. The highest BCUT2D eigenvalue weighted by molar-refractivity contribution is 6.58. The number of hydrogen-bond acceptors (Lipinski definition) is 6. The Bertz CT molecular complexity index is 923. The van der Waals surface area contributed by atoms with Crippen molar-refractivity contribution in [2.75, 3.05) is 26.2 Å². The average molecular weight is 432 g/mol. The molecule has 0 spiro atoms. The summed E-state index contributed by atoms with van der Waals surface area (Å²) < 4.78 is 12.3. The molecule has 1 aromatic heterocycles. The van der Waals surface area contributed by atoms with Gasteiger partial charge < -0.3 is 19.9 Å². The zero-order chi connectivity index (χ0) is 20.8. The van der Waals surface area contributed by atoms with Crippen LogP contribution in [0, 0.1) is 0 Å². The van der Waals surface area contributed by atoms with Crippen molar-refractivity contribution in [2.24, 2.45) is 0 Å². The lowest BCUT2D eigenvalue weighted by molar-refractivity contribution is 0.119. The van der Waals surface area contributed by atoms with E-state index in [9.17, 15) is 5.11 Å². The number of nitrogens with zero attached hydrogens (tertiary/aromatic N) is 2. The molecule has 6 nitrogen and oxygen atoms in total. The van der Waals surface area contributed by atoms with E-state index in [1.54, 1.807) is 18.2 Å². The molecule has 0 bridgehead atoms. The maximum Gasteiger partial charge on any atom is 0.221 e. The molecule has 1 atom stereocenters. The molecule has 3 heterocycles. The van der Waals surface area contributed by atoms with Crippen LogP contribution in [0.2, 0.25) is 10.0 Å². The molecule has 2 aliphatic heterocycles. The maximum absolute atomic E-state index is 10.5. The Labute approximate surface area is 183 Å². The Hall–Kier alpha value is -1.54. The standard InChI is InChI=1S/C18H22B3Cl2N3O3/c19-18(20,21)29-17-14(13-10(22)2-1-3-12(13)27)15(23)16-11(25-17)7-26-5-4-24-6-9(26)8-28-16/h1-3,9,24,27H,4-8,19-21H2/t9-/m1/s1. The van der Waals surface area contributed by atoms with Gasteiger partial charge in [-0.25, -0.2) is 4.98 Å². The van der Waals surface area contributed by atoms with Crippen LogP contribution in [0.4, 0.5) is 0 Å². The van der Waals surface area contributed by atoms with E-state index >= 15 is 0 Å². The van der Waals surface area contributed by atoms with Crippen molar-refractivity contribution >= 4 is 46.7 Å². The van der Waals surface area contributed by atoms with Crippen molar-refractivity contribution in [3.05, 3.63) is 33.9 Å². The van der Waals surface area contributed by atoms with Gasteiger partial charge in [0.1, 0.15) is 41.6 Å². The second-order valence-electron chi connectivity index (χ2n) is 8.37. The normalized spacial score (nSPS) is 19.6. The van der Waals surface area contributed by atoms with Gasteiger partial charge in [0, 0.05) is 37.0 Å². The Morgan fingerprint density at radius 1 is 1.28 bits per heavy atom. The number of aromatic nitrogens is 1. The minimum atomic E-state index is -0.515. The molecule has 1 saturated heterocycles. The van der Waals surface area contributed by atoms with Crippen LogP contribution in [0.5, 0.6) is 17.4 Å². The van der Waals surface area contributed by atoms with Gasteiger partial charge in [-0.1, -0.05) is 29.3 Å². The third kappa shape index (κ3) is 4.19. The molecular weight excluding hydrogens is 410 g/mol. The summed E-state index contributed by atoms with van der Waals surface area (Å²) in [7, 11) is 5.81. The van der Waals surface area contributed by atoms with Crippen LogP contribution in [0.15, 0.2) is 18.2 Å². The smallest absolute Gasteiger partial charge is 0.221 e. The van der Waals surface area contributed by atoms with Crippen LogP contribution in [-0.4, -0.2) is 76.1 Å². The molecule has 4 rings (SSSR count). The molecule has 0 amide bonds. The third-order valence-electron chi connectivity index (χ3n) is 5.02. The van der Waals surface area contributed by atoms with Crippen LogP contribution in [0.25, 0.3) is 11.1 Å². The number of halogens is 2. The number of hydrogen-bond donors (Lipinski definition) is 2. The molecule has 29 heavy (non-hydrogen) atoms. The first-order chi connectivity index (χ1) is 13.7. The van der Waals surface area contributed by atoms with E-state index in [0.717, 1.165) is 25.3 Å². The number of phenols is 1. The Balaban J connectivity index is 1.90. The fraction of sp³-hybridized carbons (Fsp3) is 0.389. The maximum atomic E-state index is 10.5. The molecule has 0 saturated carbocycles. The summed E-state index contributed by atoms with van der Waals surface area (Å²) in [6, 6.07) is 5.19. The van der Waals surface area contributed by atoms with Crippen molar-refractivity contribution < 1.29 is 14.6 Å². The summed E-state index contributed by atoms with van der Waals surface area (Å²) in [4.78, 5) is 7.15. The lowest BCUT2D eigenvalue weighted by Crippen LogP contribution is -2.52. The molecule has 1 aromatic carbocycles. The van der Waals surface area contributed by atoms with Gasteiger partial charge in [-0.15, -0.1) is 0 Å². The molecular formula is C18H22B3Cl2N3O3. The highest BCUT2D eigenvalue weighted by atomic mass is 35.5. The first-order valence-electron chi connectivity index (χ1n) is 9.71. The van der Waals surface area contributed by atoms with Crippen LogP contribution in [-0.2, 0) is 6.54 Å². The molecule has 11 heteroatoms. The number of aromatic hydroxyl groups is 1. The molecule has 2 aromatic rings. The molecule has 150 valence electrons. The third-order valence-corrected chi connectivity index (χ3v) is 5.70. The summed E-state index contributed by atoms with van der Waals surface area (Å²) in [6.07, 6.45) is 0. The van der Waals surface area contributed by atoms with E-state index < -0.39 is 5.30 Å². The number of piperazine rings is 1. The largest absolute Gasteiger partial charge is 0.507 e. The van der Waals surface area contributed by atoms with E-state index in [1.807, 2.05) is 23.5 Å². The van der Waals surface area contributed by atoms with Crippen molar-refractivity contribution in [1.82, 2.24) is 15.2 Å². The number of rotatable bonds is 3. The lowest BCUT2D eigenvalue weighted by atomic mass is 9.52. The van der Waals surface area contributed by atoms with Gasteiger partial charge in [0.2, 0.25) is 5.88 Å². The van der Waals surface area contributed by atoms with Gasteiger partial charge in [0.05, 0.1) is 21.7 Å². The molecule has 0 radical (unpaired) electrons. The van der Waals surface area contributed by atoms with Gasteiger partial charge in [-0.2, -0.15) is 0 Å². The fourth-order valence-electron chi connectivity index (χ4n) is 3.71. The monoisotopic (exact) mass is 431 g/mol. The predicted molar refractivity (Wildman–Crippen MR) is 123 cm³/mol. The SMILES string of the molecule is BC(B)(B)Oc1nc2c(c(Cl)c1-c1c(O)cccc1Cl)OC[C@H]1CNCCN1C2. The highest BCUT2D eigenvalue weighted by Crippen LogP contribution is 2.49. The minimum Gasteiger partial charge on any atom is -0.507 e. The van der Waals surface area contributed by atoms with E-state index in [-0.39, 0.29) is 11.8 Å². The number of ether oxygens (including phenoxy) is 2. The predicted octanol–water partition coefficient (Wildman–Crippen LogP) is -0.183. The summed E-state index contributed by atoms with van der Waals surface area (Å²) in [5.41, 5.74) is 1.57. The van der Waals surface area contributed by atoms with Crippen molar-refractivity contribution in [3.8, 4) is 28.5 Å². The van der Waals surface area contributed by atoms with Gasteiger partial charge in [0.25, 0.3) is 0 Å². The van der Waals surface area contributed by atoms with E-state index in [0.29, 0.717) is 46.0 Å². The van der Waals surface area contributed by atoms with Crippen molar-refractivity contribution in [1.29, 1.82) is 0 Å². The zero-order valence-corrected chi connectivity index (χ0v) is 18.3. The molecule has 2 aliphatic rings. The number of phenolic OH excluding ortho intramolecular Hbond substituents is 1. The van der Waals surface area contributed by atoms with Gasteiger partial charge in [-0.3, -0.25) is 4.90 Å². The minimum absolute atomic E-state index is 0.00940.